The van der Waals surface area contributed by atoms with E-state index in [1.54, 1.807) is 11.9 Å². The van der Waals surface area contributed by atoms with Gasteiger partial charge in [0.05, 0.1) is 29.9 Å². The topological polar surface area (TPSA) is 105 Å². The number of rotatable bonds is 3. The highest BCUT2D eigenvalue weighted by atomic mass is 16.1. The quantitative estimate of drug-likeness (QED) is 0.549. The summed E-state index contributed by atoms with van der Waals surface area (Å²) in [5.74, 6) is 0. The molecule has 1 fully saturated rings. The molecule has 1 aliphatic heterocycles. The molecule has 120 valence electrons. The average molecular weight is 321 g/mol. The second-order valence-electron chi connectivity index (χ2n) is 5.86. The molecule has 4 heterocycles. The first-order chi connectivity index (χ1) is 11.7. The Kier molecular flexibility index (Phi) is 3.20. The normalized spacial score (nSPS) is 14.4. The van der Waals surface area contributed by atoms with Gasteiger partial charge in [-0.05, 0) is 6.07 Å². The van der Waals surface area contributed by atoms with Crippen LogP contribution in [0.25, 0.3) is 22.3 Å². The number of likely N-dealkylation sites (N-methyl/N-ethyl adjacent to an activating group) is 1. The summed E-state index contributed by atoms with van der Waals surface area (Å²) in [7, 11) is 1.80. The molecule has 4 rings (SSSR count). The SMILES string of the molecule is CN(C#N)C1CN(c2cnc3[nH]cc(-c4cc(=O)[nH]cn4)c3c2)C1. The molecule has 8 nitrogen and oxygen atoms in total. The molecular weight excluding hydrogens is 306 g/mol. The van der Waals surface area contributed by atoms with Crippen LogP contribution in [0.3, 0.4) is 0 Å². The lowest BCUT2D eigenvalue weighted by Crippen LogP contribution is -2.57. The molecule has 0 aliphatic carbocycles. The third-order valence-electron chi connectivity index (χ3n) is 4.40. The van der Waals surface area contributed by atoms with E-state index in [9.17, 15) is 4.79 Å². The van der Waals surface area contributed by atoms with Gasteiger partial charge in [0.2, 0.25) is 0 Å². The van der Waals surface area contributed by atoms with Crippen LogP contribution in [0, 0.1) is 11.5 Å². The maximum absolute atomic E-state index is 11.5. The van der Waals surface area contributed by atoms with Crippen molar-refractivity contribution in [3.8, 4) is 17.5 Å². The van der Waals surface area contributed by atoms with E-state index in [1.807, 2.05) is 18.5 Å². The molecular formula is C16H15N7O. The first kappa shape index (κ1) is 14.3. The lowest BCUT2D eigenvalue weighted by molar-refractivity contribution is 0.286. The van der Waals surface area contributed by atoms with Crippen LogP contribution in [-0.2, 0) is 0 Å². The fraction of sp³-hybridized carbons (Fsp3) is 0.250. The second kappa shape index (κ2) is 5.38. The first-order valence-electron chi connectivity index (χ1n) is 7.55. The van der Waals surface area contributed by atoms with E-state index in [0.29, 0.717) is 5.69 Å². The van der Waals surface area contributed by atoms with Gasteiger partial charge in [0.1, 0.15) is 5.65 Å². The number of aromatic amines is 2. The maximum Gasteiger partial charge on any atom is 0.251 e. The van der Waals surface area contributed by atoms with E-state index < -0.39 is 0 Å². The number of fused-ring (bicyclic) bond motifs is 1. The van der Waals surface area contributed by atoms with Gasteiger partial charge in [-0.1, -0.05) is 0 Å². The summed E-state index contributed by atoms with van der Waals surface area (Å²) in [4.78, 5) is 29.7. The summed E-state index contributed by atoms with van der Waals surface area (Å²) >= 11 is 0. The Morgan fingerprint density at radius 2 is 2.17 bits per heavy atom. The molecule has 0 unspecified atom stereocenters. The molecule has 0 amide bonds. The highest BCUT2D eigenvalue weighted by Crippen LogP contribution is 2.30. The maximum atomic E-state index is 11.5. The number of pyridine rings is 1. The third-order valence-corrected chi connectivity index (χ3v) is 4.40. The molecule has 0 saturated carbocycles. The van der Waals surface area contributed by atoms with Crippen molar-refractivity contribution in [2.24, 2.45) is 0 Å². The summed E-state index contributed by atoms with van der Waals surface area (Å²) in [5, 5.41) is 9.85. The van der Waals surface area contributed by atoms with E-state index in [0.717, 1.165) is 35.4 Å². The molecule has 8 heteroatoms. The van der Waals surface area contributed by atoms with Gasteiger partial charge >= 0.3 is 0 Å². The summed E-state index contributed by atoms with van der Waals surface area (Å²) in [6.07, 6.45) is 7.17. The Labute approximate surface area is 137 Å². The fourth-order valence-electron chi connectivity index (χ4n) is 2.89. The molecule has 0 spiro atoms. The zero-order valence-electron chi connectivity index (χ0n) is 13.0. The van der Waals surface area contributed by atoms with Crippen molar-refractivity contribution in [2.45, 2.75) is 6.04 Å². The number of nitriles is 1. The van der Waals surface area contributed by atoms with Crippen molar-refractivity contribution < 1.29 is 0 Å². The molecule has 3 aromatic rings. The Morgan fingerprint density at radius 1 is 1.33 bits per heavy atom. The van der Waals surface area contributed by atoms with Gasteiger partial charge < -0.3 is 19.8 Å². The minimum absolute atomic E-state index is 0.191. The Hall–Kier alpha value is -3.34. The van der Waals surface area contributed by atoms with E-state index in [4.69, 9.17) is 5.26 Å². The van der Waals surface area contributed by atoms with Gasteiger partial charge in [-0.2, -0.15) is 5.26 Å². The monoisotopic (exact) mass is 321 g/mol. The third kappa shape index (κ3) is 2.27. The van der Waals surface area contributed by atoms with Gasteiger partial charge in [0.25, 0.3) is 5.56 Å². The number of aromatic nitrogens is 4. The first-order valence-corrected chi connectivity index (χ1v) is 7.55. The Morgan fingerprint density at radius 3 is 2.92 bits per heavy atom. The van der Waals surface area contributed by atoms with Gasteiger partial charge in [0.15, 0.2) is 6.19 Å². The van der Waals surface area contributed by atoms with Gasteiger partial charge in [0, 0.05) is 43.4 Å². The molecule has 1 aliphatic rings. The van der Waals surface area contributed by atoms with Gasteiger partial charge in [-0.3, -0.25) is 4.79 Å². The molecule has 0 radical (unpaired) electrons. The number of hydrogen-bond donors (Lipinski definition) is 2. The standard InChI is InChI=1S/C16H15N7O/c1-22(8-17)11-6-23(7-11)10-2-12-13(5-19-16(12)18-4-10)14-3-15(24)21-9-20-14/h2-5,9,11H,6-7H2,1H3,(H,18,19)(H,20,21,24). The van der Waals surface area contributed by atoms with Crippen molar-refractivity contribution in [2.75, 3.05) is 25.0 Å². The predicted molar refractivity (Wildman–Crippen MR) is 89.3 cm³/mol. The lowest BCUT2D eigenvalue weighted by Gasteiger charge is -2.43. The van der Waals surface area contributed by atoms with E-state index >= 15 is 0 Å². The zero-order valence-corrected chi connectivity index (χ0v) is 13.0. The van der Waals surface area contributed by atoms with Crippen LogP contribution in [0.1, 0.15) is 0 Å². The predicted octanol–water partition coefficient (Wildman–Crippen LogP) is 0.915. The highest BCUT2D eigenvalue weighted by Gasteiger charge is 2.30. The number of H-pyrrole nitrogens is 2. The summed E-state index contributed by atoms with van der Waals surface area (Å²) < 4.78 is 0. The number of nitrogens with zero attached hydrogens (tertiary/aromatic N) is 5. The van der Waals surface area contributed by atoms with E-state index in [2.05, 4.69) is 31.0 Å². The summed E-state index contributed by atoms with van der Waals surface area (Å²) in [6, 6.07) is 3.75. The van der Waals surface area contributed by atoms with Crippen LogP contribution >= 0.6 is 0 Å². The molecule has 0 aromatic carbocycles. The van der Waals surface area contributed by atoms with Crippen molar-refractivity contribution in [1.29, 1.82) is 5.26 Å². The van der Waals surface area contributed by atoms with E-state index in [1.165, 1.54) is 12.4 Å². The van der Waals surface area contributed by atoms with Crippen LogP contribution in [0.15, 0.2) is 35.6 Å². The average Bonchev–Trinajstić information content (AvgIpc) is 2.96. The van der Waals surface area contributed by atoms with Crippen LogP contribution in [0.4, 0.5) is 5.69 Å². The van der Waals surface area contributed by atoms with Crippen LogP contribution < -0.4 is 10.5 Å². The number of anilines is 1. The minimum Gasteiger partial charge on any atom is -0.366 e. The van der Waals surface area contributed by atoms with Crippen molar-refractivity contribution in [1.82, 2.24) is 24.8 Å². The van der Waals surface area contributed by atoms with Gasteiger partial charge in [-0.15, -0.1) is 0 Å². The minimum atomic E-state index is -0.191. The lowest BCUT2D eigenvalue weighted by atomic mass is 10.1. The zero-order chi connectivity index (χ0) is 16.7. The molecule has 0 atom stereocenters. The Balaban J connectivity index is 1.68. The number of nitrogens with one attached hydrogen (secondary N) is 2. The van der Waals surface area contributed by atoms with Crippen LogP contribution in [0.5, 0.6) is 0 Å². The molecule has 24 heavy (non-hydrogen) atoms. The summed E-state index contributed by atoms with van der Waals surface area (Å²) in [5.41, 5.74) is 3.01. The van der Waals surface area contributed by atoms with Crippen LogP contribution in [-0.4, -0.2) is 51.0 Å². The second-order valence-corrected chi connectivity index (χ2v) is 5.86. The molecule has 1 saturated heterocycles. The van der Waals surface area contributed by atoms with Crippen LogP contribution in [0.2, 0.25) is 0 Å². The fourth-order valence-corrected chi connectivity index (χ4v) is 2.89. The summed E-state index contributed by atoms with van der Waals surface area (Å²) in [6.45, 7) is 1.58. The molecule has 2 N–H and O–H groups in total. The van der Waals surface area contributed by atoms with Gasteiger partial charge in [-0.25, -0.2) is 9.97 Å². The van der Waals surface area contributed by atoms with Crippen molar-refractivity contribution in [3.05, 3.63) is 41.2 Å². The smallest absolute Gasteiger partial charge is 0.251 e. The van der Waals surface area contributed by atoms with E-state index in [-0.39, 0.29) is 11.6 Å². The van der Waals surface area contributed by atoms with Crippen molar-refractivity contribution in [3.63, 3.8) is 0 Å². The highest BCUT2D eigenvalue weighted by molar-refractivity contribution is 5.94. The largest absolute Gasteiger partial charge is 0.366 e. The molecule has 3 aromatic heterocycles. The van der Waals surface area contributed by atoms with Crippen molar-refractivity contribution >= 4 is 16.7 Å². The molecule has 0 bridgehead atoms. The number of hydrogen-bond acceptors (Lipinski definition) is 6. The Bertz CT molecular complexity index is 993.